The van der Waals surface area contributed by atoms with Crippen molar-refractivity contribution in [3.8, 4) is 39.3 Å². The van der Waals surface area contributed by atoms with E-state index in [1.165, 1.54) is 171 Å². The number of hydrogen-bond donors (Lipinski definition) is 0. The second-order valence-electron chi connectivity index (χ2n) is 27.7. The predicted molar refractivity (Wildman–Crippen MR) is 372 cm³/mol. The Labute approximate surface area is 513 Å². The van der Waals surface area contributed by atoms with Gasteiger partial charge in [0.05, 0.1) is 44.2 Å². The van der Waals surface area contributed by atoms with E-state index in [0.717, 1.165) is 11.4 Å². The normalized spacial score (nSPS) is 14.2. The highest BCUT2D eigenvalue weighted by molar-refractivity contribution is 7.00. The summed E-state index contributed by atoms with van der Waals surface area (Å²) in [4.78, 5) is 2.65. The standard InChI is InChI=1S/C83H63BN4/c1-48-24-22-33-59-60-34-23-25-49(2)78(60)87(77(48)59)54-43-73-76-74(44-54)88-71-39-21-16-32-61(71)75-79-63(58-31-15-20-38-70(58)86(79)53-41-50(81(3,4)5)40-51(42-53)82(6,7)8)46-69(80(75)88)84(76)68-45-62-57-30-14-19-37-66(57)83(67(62)47-72(68)85(73)52-26-10-9-11-27-52)64-35-17-12-28-55(64)56-29-13-18-36-65(56)83/h9-47H,1-8H3. The first-order chi connectivity index (χ1) is 42.8. The molecule has 0 fully saturated rings. The van der Waals surface area contributed by atoms with E-state index in [1.54, 1.807) is 0 Å². The van der Waals surface area contributed by atoms with Crippen molar-refractivity contribution in [2.24, 2.45) is 0 Å². The lowest BCUT2D eigenvalue weighted by Gasteiger charge is -2.42. The van der Waals surface area contributed by atoms with E-state index in [-0.39, 0.29) is 17.5 Å². The molecular formula is C83H63BN4. The van der Waals surface area contributed by atoms with Gasteiger partial charge in [0.2, 0.25) is 0 Å². The van der Waals surface area contributed by atoms with Crippen LogP contribution in [0.5, 0.6) is 0 Å². The molecule has 0 radical (unpaired) electrons. The highest BCUT2D eigenvalue weighted by atomic mass is 15.2. The van der Waals surface area contributed by atoms with Crippen molar-refractivity contribution < 1.29 is 0 Å². The molecule has 5 heteroatoms. The van der Waals surface area contributed by atoms with Gasteiger partial charge in [0.15, 0.2) is 0 Å². The molecule has 0 saturated heterocycles. The SMILES string of the molecule is Cc1cccc2c3cccc(C)c3n(-c3cc4c5c(c3)-n3c6ccccc6c6c3c(cc3c7ccccc7n(-c7cc(C(C)(C)C)cc(C(C)(C)C)c7)c36)B5c3cc5c(cc3N4c3ccccc3)C3(c4ccccc4-c4ccccc43)c3ccccc3-5)c12. The molecule has 2 aliphatic heterocycles. The highest BCUT2D eigenvalue weighted by Gasteiger charge is 2.53. The molecule has 0 bridgehead atoms. The summed E-state index contributed by atoms with van der Waals surface area (Å²) in [6.07, 6.45) is 0. The zero-order valence-electron chi connectivity index (χ0n) is 50.9. The summed E-state index contributed by atoms with van der Waals surface area (Å²) < 4.78 is 7.94. The van der Waals surface area contributed by atoms with Crippen LogP contribution in [0.1, 0.15) is 86.1 Å². The minimum Gasteiger partial charge on any atom is -0.311 e. The molecule has 4 nitrogen and oxygen atoms in total. The van der Waals surface area contributed by atoms with Crippen molar-refractivity contribution in [2.45, 2.75) is 71.6 Å². The number of hydrogen-bond acceptors (Lipinski definition) is 1. The Bertz CT molecular complexity index is 5500. The van der Waals surface area contributed by atoms with Gasteiger partial charge in [-0.3, -0.25) is 0 Å². The molecule has 5 heterocycles. The van der Waals surface area contributed by atoms with Gasteiger partial charge >= 0.3 is 0 Å². The van der Waals surface area contributed by atoms with E-state index in [2.05, 4.69) is 311 Å². The number of nitrogens with zero attached hydrogens (tertiary/aromatic N) is 4. The second kappa shape index (κ2) is 17.1. The van der Waals surface area contributed by atoms with Gasteiger partial charge in [0.25, 0.3) is 6.71 Å². The molecular weight excluding hydrogens is 1060 g/mol. The molecule has 418 valence electrons. The lowest BCUT2D eigenvalue weighted by molar-refractivity contribution is 0.568. The Morgan fingerprint density at radius 1 is 0.330 bits per heavy atom. The largest absolute Gasteiger partial charge is 0.311 e. The van der Waals surface area contributed by atoms with E-state index in [0.29, 0.717) is 0 Å². The van der Waals surface area contributed by atoms with Crippen LogP contribution in [0.25, 0.3) is 105 Å². The quantitative estimate of drug-likeness (QED) is 0.161. The smallest absolute Gasteiger partial charge is 0.252 e. The van der Waals surface area contributed by atoms with Crippen LogP contribution in [0, 0.1) is 13.8 Å². The van der Waals surface area contributed by atoms with Gasteiger partial charge in [0.1, 0.15) is 0 Å². The monoisotopic (exact) mass is 1130 g/mol. The van der Waals surface area contributed by atoms with Crippen LogP contribution in [-0.2, 0) is 16.2 Å². The number of fused-ring (bicyclic) bond motifs is 24. The first kappa shape index (κ1) is 50.1. The number of aromatic nitrogens is 3. The third kappa shape index (κ3) is 6.26. The number of aryl methyl sites for hydroxylation is 2. The van der Waals surface area contributed by atoms with Crippen LogP contribution in [0.15, 0.2) is 237 Å². The fourth-order valence-corrected chi connectivity index (χ4v) is 17.1. The van der Waals surface area contributed by atoms with Crippen molar-refractivity contribution in [2.75, 3.05) is 4.90 Å². The Morgan fingerprint density at radius 3 is 1.45 bits per heavy atom. The summed E-state index contributed by atoms with van der Waals surface area (Å²) >= 11 is 0. The first-order valence-electron chi connectivity index (χ1n) is 31.5. The van der Waals surface area contributed by atoms with E-state index in [4.69, 9.17) is 0 Å². The second-order valence-corrected chi connectivity index (χ2v) is 27.7. The minimum atomic E-state index is -0.536. The maximum absolute atomic E-state index is 2.69. The van der Waals surface area contributed by atoms with Crippen molar-refractivity contribution in [3.63, 3.8) is 0 Å². The number of para-hydroxylation sites is 5. The third-order valence-electron chi connectivity index (χ3n) is 20.9. The summed E-state index contributed by atoms with van der Waals surface area (Å²) in [6, 6.07) is 91.8. The predicted octanol–water partition coefficient (Wildman–Crippen LogP) is 19.1. The molecule has 1 spiro atoms. The molecule has 12 aromatic carbocycles. The third-order valence-corrected chi connectivity index (χ3v) is 20.9. The van der Waals surface area contributed by atoms with Crippen molar-refractivity contribution in [1.82, 2.24) is 13.7 Å². The van der Waals surface area contributed by atoms with Gasteiger partial charge in [-0.25, -0.2) is 0 Å². The van der Waals surface area contributed by atoms with Gasteiger partial charge < -0.3 is 18.6 Å². The number of rotatable bonds is 3. The van der Waals surface area contributed by atoms with Crippen LogP contribution in [-0.4, -0.2) is 20.4 Å². The van der Waals surface area contributed by atoms with Gasteiger partial charge in [-0.2, -0.15) is 0 Å². The van der Waals surface area contributed by atoms with Crippen LogP contribution >= 0.6 is 0 Å². The molecule has 0 atom stereocenters. The molecule has 2 aliphatic carbocycles. The van der Waals surface area contributed by atoms with E-state index in [9.17, 15) is 0 Å². The molecule has 0 unspecified atom stereocenters. The van der Waals surface area contributed by atoms with Gasteiger partial charge in [-0.15, -0.1) is 0 Å². The van der Waals surface area contributed by atoms with Gasteiger partial charge in [-0.1, -0.05) is 224 Å². The maximum atomic E-state index is 2.69. The van der Waals surface area contributed by atoms with Crippen LogP contribution < -0.4 is 21.3 Å². The molecule has 19 rings (SSSR count). The highest BCUT2D eigenvalue weighted by Crippen LogP contribution is 2.64. The summed E-state index contributed by atoms with van der Waals surface area (Å²) in [5, 5.41) is 7.61. The fourth-order valence-electron chi connectivity index (χ4n) is 17.1. The van der Waals surface area contributed by atoms with Crippen molar-refractivity contribution in [1.29, 1.82) is 0 Å². The van der Waals surface area contributed by atoms with Crippen molar-refractivity contribution >= 4 is 106 Å². The maximum Gasteiger partial charge on any atom is 0.252 e. The molecule has 88 heavy (non-hydrogen) atoms. The van der Waals surface area contributed by atoms with Crippen LogP contribution in [0.2, 0.25) is 0 Å². The minimum absolute atomic E-state index is 0.0758. The average Bonchev–Trinajstić information content (AvgIpc) is 1.41. The number of benzene rings is 12. The molecule has 0 N–H and O–H groups in total. The molecule has 0 saturated carbocycles. The van der Waals surface area contributed by atoms with Gasteiger partial charge in [-0.05, 0) is 162 Å². The van der Waals surface area contributed by atoms with Crippen LogP contribution in [0.3, 0.4) is 0 Å². The summed E-state index contributed by atoms with van der Waals surface area (Å²) in [6.45, 7) is 18.6. The Balaban J connectivity index is 1.02. The summed E-state index contributed by atoms with van der Waals surface area (Å²) in [7, 11) is 0. The first-order valence-corrected chi connectivity index (χ1v) is 31.5. The molecule has 3 aromatic heterocycles. The average molecular weight is 1130 g/mol. The van der Waals surface area contributed by atoms with E-state index >= 15 is 0 Å². The van der Waals surface area contributed by atoms with Gasteiger partial charge in [0, 0.05) is 60.8 Å². The topological polar surface area (TPSA) is 18.0 Å². The number of anilines is 3. The lowest BCUT2D eigenvalue weighted by atomic mass is 9.33. The molecule has 0 amide bonds. The molecule has 4 aliphatic rings. The van der Waals surface area contributed by atoms with Crippen LogP contribution in [0.4, 0.5) is 17.1 Å². The Hall–Kier alpha value is -10.1. The van der Waals surface area contributed by atoms with E-state index in [1.807, 2.05) is 0 Å². The lowest BCUT2D eigenvalue weighted by Crippen LogP contribution is -2.60. The Kier molecular flexibility index (Phi) is 9.74. The summed E-state index contributed by atoms with van der Waals surface area (Å²) in [5.41, 5.74) is 33.6. The van der Waals surface area contributed by atoms with Crippen molar-refractivity contribution in [3.05, 3.63) is 281 Å². The fraction of sp³-hybridized carbons (Fsp3) is 0.133. The summed E-state index contributed by atoms with van der Waals surface area (Å²) in [5.74, 6) is 0. The zero-order chi connectivity index (χ0) is 59.0. The Morgan fingerprint density at radius 2 is 0.841 bits per heavy atom. The molecule has 15 aromatic rings. The van der Waals surface area contributed by atoms with E-state index < -0.39 is 5.41 Å². The zero-order valence-corrected chi connectivity index (χ0v) is 50.9.